The van der Waals surface area contributed by atoms with Crippen LogP contribution in [0.25, 0.3) is 0 Å². The first-order valence-corrected chi connectivity index (χ1v) is 8.47. The van der Waals surface area contributed by atoms with Crippen LogP contribution in [0.2, 0.25) is 0 Å². The van der Waals surface area contributed by atoms with Gasteiger partial charge in [0.1, 0.15) is 5.54 Å². The molecule has 3 rings (SSSR count). The molecule has 2 aliphatic heterocycles. The number of benzene rings is 1. The molecule has 6 nitrogen and oxygen atoms in total. The number of carbonyl (C=O) groups is 2. The quantitative estimate of drug-likeness (QED) is 0.679. The molecule has 1 fully saturated rings. The largest absolute Gasteiger partial charge is 0.347 e. The number of likely N-dealkylation sites (N-methyl/N-ethyl adjacent to an activating group) is 1. The number of hydrogen-bond acceptors (Lipinski definition) is 4. The molecule has 0 saturated carbocycles. The molecular formula is C19H24N4O2. The first kappa shape index (κ1) is 17.2. The number of carbonyl (C=O) groups excluding carboxylic acids is 2. The number of fused-ring (bicyclic) bond motifs is 1. The van der Waals surface area contributed by atoms with Crippen molar-refractivity contribution in [2.45, 2.75) is 45.1 Å². The number of rotatable bonds is 3. The zero-order chi connectivity index (χ0) is 18.4. The van der Waals surface area contributed by atoms with Crippen molar-refractivity contribution in [3.8, 4) is 0 Å². The molecule has 132 valence electrons. The maximum atomic E-state index is 12.4. The summed E-state index contributed by atoms with van der Waals surface area (Å²) < 4.78 is 0. The molecule has 0 spiro atoms. The molecule has 6 heteroatoms. The second-order valence-corrected chi connectivity index (χ2v) is 7.25. The summed E-state index contributed by atoms with van der Waals surface area (Å²) >= 11 is 0. The Morgan fingerprint density at radius 1 is 1.20 bits per heavy atom. The topological polar surface area (TPSA) is 65.0 Å². The van der Waals surface area contributed by atoms with E-state index in [2.05, 4.69) is 41.3 Å². The van der Waals surface area contributed by atoms with Gasteiger partial charge in [-0.25, -0.2) is 4.79 Å². The lowest BCUT2D eigenvalue weighted by atomic mass is 9.84. The number of nitrogens with zero attached hydrogens (tertiary/aromatic N) is 3. The molecule has 0 radical (unpaired) electrons. The van der Waals surface area contributed by atoms with Crippen LogP contribution in [-0.2, 0) is 10.2 Å². The van der Waals surface area contributed by atoms with Crippen LogP contribution in [-0.4, -0.2) is 35.7 Å². The molecule has 1 unspecified atom stereocenters. The number of allylic oxidation sites excluding steroid dienone is 2. The number of urea groups is 1. The minimum absolute atomic E-state index is 0.174. The van der Waals surface area contributed by atoms with E-state index in [-0.39, 0.29) is 11.3 Å². The van der Waals surface area contributed by atoms with Gasteiger partial charge in [0, 0.05) is 30.1 Å². The van der Waals surface area contributed by atoms with Crippen LogP contribution in [0.4, 0.5) is 10.5 Å². The van der Waals surface area contributed by atoms with Gasteiger partial charge in [0.25, 0.3) is 5.91 Å². The highest BCUT2D eigenvalue weighted by molar-refractivity contribution is 6.07. The Bertz CT molecular complexity index is 796. The summed E-state index contributed by atoms with van der Waals surface area (Å²) in [5.41, 5.74) is 2.41. The number of amides is 3. The Morgan fingerprint density at radius 3 is 2.48 bits per heavy atom. The fourth-order valence-electron chi connectivity index (χ4n) is 3.49. The molecule has 1 saturated heterocycles. The highest BCUT2D eigenvalue weighted by atomic mass is 16.2. The van der Waals surface area contributed by atoms with Crippen LogP contribution >= 0.6 is 0 Å². The number of hydrogen-bond donors (Lipinski definition) is 1. The van der Waals surface area contributed by atoms with E-state index >= 15 is 0 Å². The number of nitrogens with one attached hydrogen (secondary N) is 1. The molecule has 1 aromatic rings. The Labute approximate surface area is 148 Å². The first-order chi connectivity index (χ1) is 11.7. The van der Waals surface area contributed by atoms with E-state index < -0.39 is 11.6 Å². The summed E-state index contributed by atoms with van der Waals surface area (Å²) in [7, 11) is 2.01. The molecule has 1 aromatic carbocycles. The van der Waals surface area contributed by atoms with Gasteiger partial charge in [-0.2, -0.15) is 5.10 Å². The van der Waals surface area contributed by atoms with Crippen molar-refractivity contribution in [3.63, 3.8) is 0 Å². The highest BCUT2D eigenvalue weighted by Gasteiger charge is 2.47. The zero-order valence-corrected chi connectivity index (χ0v) is 15.3. The van der Waals surface area contributed by atoms with Crippen molar-refractivity contribution in [1.82, 2.24) is 10.3 Å². The van der Waals surface area contributed by atoms with E-state index in [4.69, 9.17) is 0 Å². The van der Waals surface area contributed by atoms with Crippen LogP contribution in [0.15, 0.2) is 41.1 Å². The summed E-state index contributed by atoms with van der Waals surface area (Å²) in [5, 5.41) is 7.70. The van der Waals surface area contributed by atoms with Gasteiger partial charge in [-0.3, -0.25) is 4.79 Å². The van der Waals surface area contributed by atoms with E-state index in [0.29, 0.717) is 6.42 Å². The van der Waals surface area contributed by atoms with Crippen LogP contribution in [0.3, 0.4) is 0 Å². The minimum Gasteiger partial charge on any atom is -0.347 e. The van der Waals surface area contributed by atoms with E-state index in [9.17, 15) is 9.59 Å². The Morgan fingerprint density at radius 2 is 1.88 bits per heavy atom. The number of hydrazone groups is 1. The molecule has 2 heterocycles. The molecule has 1 N–H and O–H groups in total. The number of para-hydroxylation sites is 1. The summed E-state index contributed by atoms with van der Waals surface area (Å²) in [5.74, 6) is -0.322. The molecule has 2 aliphatic rings. The Hall–Kier alpha value is -2.63. The molecule has 0 aromatic heterocycles. The SMILES string of the molecule is CCC1(C)NC(=O)N(/N=C/C=C2\N(C)c3ccccc3C2(C)C)C1=O. The van der Waals surface area contributed by atoms with Crippen molar-refractivity contribution in [3.05, 3.63) is 41.6 Å². The number of imide groups is 1. The van der Waals surface area contributed by atoms with E-state index in [0.717, 1.165) is 16.4 Å². The maximum absolute atomic E-state index is 12.4. The van der Waals surface area contributed by atoms with Gasteiger partial charge >= 0.3 is 6.03 Å². The van der Waals surface area contributed by atoms with Crippen LogP contribution in [0, 0.1) is 0 Å². The molecule has 0 aliphatic carbocycles. The predicted molar refractivity (Wildman–Crippen MR) is 98.5 cm³/mol. The average molecular weight is 340 g/mol. The van der Waals surface area contributed by atoms with Crippen molar-refractivity contribution >= 4 is 23.8 Å². The second-order valence-electron chi connectivity index (χ2n) is 7.25. The molecule has 0 bridgehead atoms. The molecule has 25 heavy (non-hydrogen) atoms. The van der Waals surface area contributed by atoms with Crippen molar-refractivity contribution in [2.75, 3.05) is 11.9 Å². The third-order valence-electron chi connectivity index (χ3n) is 5.30. The summed E-state index contributed by atoms with van der Waals surface area (Å²) in [6.07, 6.45) is 3.91. The van der Waals surface area contributed by atoms with Gasteiger partial charge in [-0.05, 0) is 31.1 Å². The lowest BCUT2D eigenvalue weighted by Crippen LogP contribution is -2.42. The smallest absolute Gasteiger partial charge is 0.346 e. The Kier molecular flexibility index (Phi) is 3.94. The van der Waals surface area contributed by atoms with Crippen LogP contribution in [0.1, 0.15) is 39.7 Å². The minimum atomic E-state index is -0.874. The van der Waals surface area contributed by atoms with E-state index in [1.165, 1.54) is 11.8 Å². The van der Waals surface area contributed by atoms with Gasteiger partial charge in [-0.1, -0.05) is 39.0 Å². The van der Waals surface area contributed by atoms with Gasteiger partial charge in [-0.15, -0.1) is 5.01 Å². The van der Waals surface area contributed by atoms with Crippen molar-refractivity contribution < 1.29 is 9.59 Å². The molecule has 1 atom stereocenters. The average Bonchev–Trinajstić information content (AvgIpc) is 2.92. The molecular weight excluding hydrogens is 316 g/mol. The first-order valence-electron chi connectivity index (χ1n) is 8.47. The Balaban J connectivity index is 1.87. The summed E-state index contributed by atoms with van der Waals surface area (Å²) in [6.45, 7) is 7.88. The van der Waals surface area contributed by atoms with Crippen LogP contribution in [0.5, 0.6) is 0 Å². The fourth-order valence-corrected chi connectivity index (χ4v) is 3.49. The lowest BCUT2D eigenvalue weighted by molar-refractivity contribution is -0.130. The molecule has 3 amide bonds. The van der Waals surface area contributed by atoms with Crippen molar-refractivity contribution in [2.24, 2.45) is 5.10 Å². The second kappa shape index (κ2) is 5.72. The van der Waals surface area contributed by atoms with E-state index in [1.807, 2.05) is 32.2 Å². The van der Waals surface area contributed by atoms with Gasteiger partial charge in [0.2, 0.25) is 0 Å². The van der Waals surface area contributed by atoms with Gasteiger partial charge < -0.3 is 10.2 Å². The van der Waals surface area contributed by atoms with Gasteiger partial charge in [0.15, 0.2) is 0 Å². The summed E-state index contributed by atoms with van der Waals surface area (Å²) in [4.78, 5) is 26.5. The third kappa shape index (κ3) is 2.52. The van der Waals surface area contributed by atoms with Crippen molar-refractivity contribution in [1.29, 1.82) is 0 Å². The zero-order valence-electron chi connectivity index (χ0n) is 15.3. The monoisotopic (exact) mass is 340 g/mol. The lowest BCUT2D eigenvalue weighted by Gasteiger charge is -2.23. The normalized spacial score (nSPS) is 26.7. The highest BCUT2D eigenvalue weighted by Crippen LogP contribution is 2.46. The standard InChI is InChI=1S/C19H24N4O2/c1-6-19(4)16(24)23(17(25)21-19)20-12-11-15-18(2,3)13-9-7-8-10-14(13)22(15)5/h7-12H,6H2,1-5H3,(H,21,25)/b15-11-,20-12+. The number of anilines is 1. The maximum Gasteiger partial charge on any atom is 0.346 e. The van der Waals surface area contributed by atoms with Gasteiger partial charge in [0.05, 0.1) is 0 Å². The third-order valence-corrected chi connectivity index (χ3v) is 5.30. The van der Waals surface area contributed by atoms with Crippen LogP contribution < -0.4 is 10.2 Å². The summed E-state index contributed by atoms with van der Waals surface area (Å²) in [6, 6.07) is 7.77. The predicted octanol–water partition coefficient (Wildman–Crippen LogP) is 3.00. The van der Waals surface area contributed by atoms with E-state index in [1.54, 1.807) is 6.92 Å². The fraction of sp³-hybridized carbons (Fsp3) is 0.421.